The Labute approximate surface area is 178 Å². The first-order valence-electron chi connectivity index (χ1n) is 11.1. The third-order valence-corrected chi connectivity index (χ3v) is 5.18. The molecular formula is C20H25N3O5S. The highest BCUT2D eigenvalue weighted by Crippen LogP contribution is 2.46. The molecule has 0 radical (unpaired) electrons. The van der Waals surface area contributed by atoms with Gasteiger partial charge in [0.2, 0.25) is 6.20 Å². The molecule has 156 valence electrons. The van der Waals surface area contributed by atoms with Gasteiger partial charge in [0, 0.05) is 13.5 Å². The standard InChI is InChI=1S/C20H25N3O5S/c1-3-4-8-26-13-6-5-7-14-18(13)21-19-15(27-14)10-23(20(29)22-19)17-9-12(24)16(28-17)11-25-2/h5-7,10,12,16-17,24H,3-4,8-9,11H2,1-2H3,(H,21,22,29)/t12-,16-,17-/m1/s1/i2TD,24T/t2?,12-,16-,17-. The molecule has 1 saturated heterocycles. The highest BCUT2D eigenvalue weighted by atomic mass is 32.1. The smallest absolute Gasteiger partial charge is 0.211 e. The second kappa shape index (κ2) is 8.66. The van der Waals surface area contributed by atoms with Crippen molar-refractivity contribution in [3.63, 3.8) is 0 Å². The van der Waals surface area contributed by atoms with Gasteiger partial charge in [-0.15, -0.1) is 0 Å². The number of methoxy groups -OCH3 is 1. The number of hydrogen-bond donors (Lipinski definition) is 2. The molecule has 2 aromatic rings. The second-order valence-corrected chi connectivity index (χ2v) is 7.30. The van der Waals surface area contributed by atoms with Gasteiger partial charge in [-0.3, -0.25) is 4.57 Å². The monoisotopic (exact) mass is 424 g/mol. The van der Waals surface area contributed by atoms with E-state index < -0.39 is 25.5 Å². The fourth-order valence-electron chi connectivity index (χ4n) is 3.34. The molecular weight excluding hydrogens is 394 g/mol. The molecule has 0 spiro atoms. The summed E-state index contributed by atoms with van der Waals surface area (Å²) in [4.78, 5) is 4.47. The van der Waals surface area contributed by atoms with Crippen LogP contribution in [-0.2, 0) is 9.47 Å². The number of fused-ring (bicyclic) bond motifs is 2. The highest BCUT2D eigenvalue weighted by molar-refractivity contribution is 7.71. The van der Waals surface area contributed by atoms with Crippen molar-refractivity contribution >= 4 is 23.7 Å². The summed E-state index contributed by atoms with van der Waals surface area (Å²) in [6, 6.07) is 5.58. The van der Waals surface area contributed by atoms with Crippen molar-refractivity contribution in [1.82, 2.24) is 9.55 Å². The Hall–Kier alpha value is -2.20. The lowest BCUT2D eigenvalue weighted by Gasteiger charge is -2.25. The quantitative estimate of drug-likeness (QED) is 0.415. The Kier molecular flexibility index (Phi) is 4.95. The van der Waals surface area contributed by atoms with Gasteiger partial charge in [-0.2, -0.15) is 4.98 Å². The Bertz CT molecular complexity index is 1010. The van der Waals surface area contributed by atoms with Crippen LogP contribution in [0, 0.1) is 4.77 Å². The zero-order valence-corrected chi connectivity index (χ0v) is 16.8. The first-order chi connectivity index (χ1) is 15.5. The summed E-state index contributed by atoms with van der Waals surface area (Å²) in [7, 11) is -1.44. The van der Waals surface area contributed by atoms with E-state index in [-0.39, 0.29) is 11.4 Å². The predicted molar refractivity (Wildman–Crippen MR) is 110 cm³/mol. The number of unbranched alkanes of at least 4 members (excludes halogenated alkanes) is 1. The van der Waals surface area contributed by atoms with Crippen molar-refractivity contribution in [2.45, 2.75) is 44.6 Å². The lowest BCUT2D eigenvalue weighted by Crippen LogP contribution is -2.25. The molecule has 29 heavy (non-hydrogen) atoms. The minimum Gasteiger partial charge on any atom is -0.491 e. The van der Waals surface area contributed by atoms with Crippen molar-refractivity contribution in [2.24, 2.45) is 0 Å². The normalized spacial score (nSPS) is 24.9. The van der Waals surface area contributed by atoms with Crippen molar-refractivity contribution in [2.75, 3.05) is 25.6 Å². The molecule has 1 fully saturated rings. The molecule has 1 unspecified atom stereocenters. The zero-order valence-electron chi connectivity index (χ0n) is 19.0. The number of para-hydroxylation sites is 1. The van der Waals surface area contributed by atoms with E-state index in [1.807, 2.05) is 18.2 Å². The minimum absolute atomic E-state index is 0.0321. The van der Waals surface area contributed by atoms with Gasteiger partial charge in [-0.25, -0.2) is 0 Å². The van der Waals surface area contributed by atoms with Gasteiger partial charge in [-0.1, -0.05) is 19.4 Å². The summed E-state index contributed by atoms with van der Waals surface area (Å²) in [6.07, 6.45) is 2.31. The third kappa shape index (κ3) is 4.09. The van der Waals surface area contributed by atoms with Gasteiger partial charge in [0.15, 0.2) is 17.3 Å². The summed E-state index contributed by atoms with van der Waals surface area (Å²) in [5.41, 5.74) is 0.702. The lowest BCUT2D eigenvalue weighted by atomic mass is 10.2. The lowest BCUT2D eigenvalue weighted by molar-refractivity contribution is -0.0542. The summed E-state index contributed by atoms with van der Waals surface area (Å²) >= 11 is 5.48. The Morgan fingerprint density at radius 2 is 2.48 bits per heavy atom. The van der Waals surface area contributed by atoms with Gasteiger partial charge in [0.25, 0.3) is 0 Å². The van der Waals surface area contributed by atoms with Gasteiger partial charge >= 0.3 is 0 Å². The van der Waals surface area contributed by atoms with Crippen LogP contribution in [0.4, 0.5) is 11.5 Å². The highest BCUT2D eigenvalue weighted by Gasteiger charge is 2.35. The van der Waals surface area contributed by atoms with Crippen LogP contribution in [0.15, 0.2) is 24.4 Å². The Morgan fingerprint density at radius 3 is 3.31 bits per heavy atom. The fraction of sp³-hybridized carbons (Fsp3) is 0.500. The van der Waals surface area contributed by atoms with Crippen molar-refractivity contribution in [1.29, 1.82) is 1.43 Å². The second-order valence-electron chi connectivity index (χ2n) is 6.94. The maximum atomic E-state index is 7.31. The number of anilines is 2. The van der Waals surface area contributed by atoms with Gasteiger partial charge in [0.1, 0.15) is 23.8 Å². The maximum Gasteiger partial charge on any atom is 0.211 e. The van der Waals surface area contributed by atoms with E-state index in [1.54, 1.807) is 10.8 Å². The van der Waals surface area contributed by atoms with E-state index in [1.165, 1.54) is 0 Å². The summed E-state index contributed by atoms with van der Waals surface area (Å²) in [5, 5.41) is 8.02. The third-order valence-electron chi connectivity index (χ3n) is 4.88. The average molecular weight is 425 g/mol. The van der Waals surface area contributed by atoms with Crippen LogP contribution in [-0.4, -0.2) is 48.6 Å². The van der Waals surface area contributed by atoms with Crippen molar-refractivity contribution in [3.8, 4) is 17.2 Å². The van der Waals surface area contributed by atoms with Crippen LogP contribution < -0.4 is 14.8 Å². The van der Waals surface area contributed by atoms with E-state index in [4.69, 9.17) is 40.4 Å². The summed E-state index contributed by atoms with van der Waals surface area (Å²) < 4.78 is 46.5. The van der Waals surface area contributed by atoms with Crippen LogP contribution in [0.3, 0.4) is 0 Å². The molecule has 1 aromatic heterocycles. The molecule has 0 saturated carbocycles. The Morgan fingerprint density at radius 1 is 1.55 bits per heavy atom. The average Bonchev–Trinajstić information content (AvgIpc) is 3.19. The van der Waals surface area contributed by atoms with E-state index in [9.17, 15) is 0 Å². The van der Waals surface area contributed by atoms with Gasteiger partial charge < -0.3 is 29.4 Å². The van der Waals surface area contributed by atoms with E-state index >= 15 is 0 Å². The molecule has 2 N–H and O–H groups in total. The number of aliphatic hydroxyl groups excluding tert-OH is 1. The molecule has 1 aromatic carbocycles. The molecule has 4 rings (SSSR count). The predicted octanol–water partition coefficient (Wildman–Crippen LogP) is 3.94. The number of rotatable bonds is 8. The van der Waals surface area contributed by atoms with Crippen LogP contribution in [0.25, 0.3) is 0 Å². The fourth-order valence-corrected chi connectivity index (χ4v) is 3.60. The van der Waals surface area contributed by atoms with Crippen LogP contribution in [0.2, 0.25) is 0 Å². The first kappa shape index (κ1) is 16.6. The molecule has 0 bridgehead atoms. The minimum atomic E-state index is -1.44. The van der Waals surface area contributed by atoms with Crippen molar-refractivity contribution in [3.05, 3.63) is 29.2 Å². The molecule has 9 heteroatoms. The molecule has 2 aliphatic rings. The zero-order chi connectivity index (χ0) is 22.7. The van der Waals surface area contributed by atoms with Gasteiger partial charge in [-0.05, 0) is 30.8 Å². The number of nitrogens with zero attached hydrogens (tertiary/aromatic N) is 2. The SMILES string of the molecule is [2H]C([3H])OC[C@H]1O[C@@H](n2cc3c(nc2=S)Nc2c(OCCCC)cccc2O3)C[C@H]1O[3H]. The van der Waals surface area contributed by atoms with Crippen LogP contribution in [0.1, 0.15) is 35.2 Å². The molecule has 4 atom stereocenters. The number of benzene rings is 1. The van der Waals surface area contributed by atoms with E-state index in [2.05, 4.69) is 17.2 Å². The van der Waals surface area contributed by atoms with Gasteiger partial charge in [0.05, 0.1) is 28.3 Å². The van der Waals surface area contributed by atoms with Crippen LogP contribution >= 0.6 is 12.2 Å². The topological polar surface area (TPSA) is 87.0 Å². The van der Waals surface area contributed by atoms with Crippen LogP contribution in [0.5, 0.6) is 17.2 Å². The molecule has 2 aliphatic heterocycles. The molecule has 0 amide bonds. The van der Waals surface area contributed by atoms with Crippen molar-refractivity contribution < 1.29 is 26.8 Å². The number of aromatic nitrogens is 2. The first-order valence-corrected chi connectivity index (χ1v) is 9.98. The Balaban J connectivity index is 1.54. The molecule has 0 aliphatic carbocycles. The largest absolute Gasteiger partial charge is 0.491 e. The van der Waals surface area contributed by atoms with E-state index in [0.717, 1.165) is 12.8 Å². The summed E-state index contributed by atoms with van der Waals surface area (Å²) in [5.74, 6) is 2.24. The number of aliphatic hydroxyl groups is 1. The molecule has 8 nitrogen and oxygen atoms in total. The maximum absolute atomic E-state index is 7.31. The number of ether oxygens (including phenoxy) is 4. The number of hydrogen-bond acceptors (Lipinski definition) is 8. The molecule has 3 heterocycles. The number of nitrogens with one attached hydrogen (secondary N) is 1. The summed E-state index contributed by atoms with van der Waals surface area (Å²) in [6.45, 7) is 2.69. The van der Waals surface area contributed by atoms with E-state index in [0.29, 0.717) is 41.8 Å².